The molecule has 8 nitrogen and oxygen atoms in total. The lowest BCUT2D eigenvalue weighted by Crippen LogP contribution is -2.30. The van der Waals surface area contributed by atoms with Crippen molar-refractivity contribution in [3.05, 3.63) is 98.7 Å². The number of methoxy groups -OCH3 is 1. The highest BCUT2D eigenvalue weighted by molar-refractivity contribution is 7.80. The fourth-order valence-electron chi connectivity index (χ4n) is 3.55. The summed E-state index contributed by atoms with van der Waals surface area (Å²) in [4.78, 5) is 26.6. The number of non-ortho nitro benzene ring substituents is 1. The summed E-state index contributed by atoms with van der Waals surface area (Å²) in [6, 6.07) is 18.6. The largest absolute Gasteiger partial charge is 0.493 e. The van der Waals surface area contributed by atoms with Crippen molar-refractivity contribution in [3.8, 4) is 11.5 Å². The number of amides is 1. The summed E-state index contributed by atoms with van der Waals surface area (Å²) in [6.45, 7) is 0.135. The molecule has 1 saturated heterocycles. The van der Waals surface area contributed by atoms with Crippen LogP contribution in [-0.2, 0) is 11.4 Å². The van der Waals surface area contributed by atoms with Crippen molar-refractivity contribution in [2.75, 3.05) is 19.1 Å². The first-order chi connectivity index (χ1) is 16.8. The van der Waals surface area contributed by atoms with Gasteiger partial charge in [-0.05, 0) is 65.8 Å². The third kappa shape index (κ3) is 4.96. The number of benzene rings is 3. The van der Waals surface area contributed by atoms with Crippen LogP contribution in [0.5, 0.6) is 11.5 Å². The summed E-state index contributed by atoms with van der Waals surface area (Å²) in [5, 5.41) is 11.5. The van der Waals surface area contributed by atoms with Crippen LogP contribution in [0.3, 0.4) is 0 Å². The Morgan fingerprint density at radius 1 is 1.11 bits per heavy atom. The Morgan fingerprint density at radius 3 is 2.43 bits per heavy atom. The lowest BCUT2D eigenvalue weighted by atomic mass is 10.1. The van der Waals surface area contributed by atoms with Crippen LogP contribution in [0.25, 0.3) is 6.08 Å². The van der Waals surface area contributed by atoms with E-state index < -0.39 is 4.92 Å². The van der Waals surface area contributed by atoms with Gasteiger partial charge in [-0.1, -0.05) is 29.8 Å². The number of thiocarbonyl (C=S) groups is 1. The molecule has 1 heterocycles. The highest BCUT2D eigenvalue weighted by Crippen LogP contribution is 2.38. The third-order valence-electron chi connectivity index (χ3n) is 5.36. The molecule has 0 spiro atoms. The van der Waals surface area contributed by atoms with Crippen molar-refractivity contribution in [3.63, 3.8) is 0 Å². The number of carbonyl (C=O) groups excluding carboxylic acids is 1. The maximum absolute atomic E-state index is 13.2. The first-order valence-corrected chi connectivity index (χ1v) is 11.2. The third-order valence-corrected chi connectivity index (χ3v) is 6.10. The zero-order valence-electron chi connectivity index (χ0n) is 18.8. The van der Waals surface area contributed by atoms with Gasteiger partial charge in [0.25, 0.3) is 11.6 Å². The average Bonchev–Trinajstić information content (AvgIpc) is 3.06. The highest BCUT2D eigenvalue weighted by atomic mass is 35.5. The second-order valence-electron chi connectivity index (χ2n) is 7.59. The standard InChI is InChI=1S/C25H20ClN3O5S/c1-27-21(24(30)28(25(27)35)18-6-4-3-5-7-18)13-17-12-20(26)23(22(14-17)33-2)34-15-16-8-10-19(11-9-16)29(31)32/h3-14H,15H2,1-2H3/b21-13-. The van der Waals surface area contributed by atoms with E-state index in [1.165, 1.54) is 24.1 Å². The molecule has 0 aromatic heterocycles. The summed E-state index contributed by atoms with van der Waals surface area (Å²) in [6.07, 6.45) is 1.69. The maximum Gasteiger partial charge on any atom is 0.281 e. The van der Waals surface area contributed by atoms with Crippen LogP contribution in [0.1, 0.15) is 11.1 Å². The maximum atomic E-state index is 13.2. The molecule has 1 amide bonds. The minimum atomic E-state index is -0.462. The van der Waals surface area contributed by atoms with Gasteiger partial charge in [-0.3, -0.25) is 19.8 Å². The minimum absolute atomic E-state index is 0.00140. The molecule has 1 aliphatic heterocycles. The Labute approximate surface area is 212 Å². The normalized spacial score (nSPS) is 14.5. The number of ether oxygens (including phenoxy) is 2. The van der Waals surface area contributed by atoms with Crippen LogP contribution in [0, 0.1) is 10.1 Å². The van der Waals surface area contributed by atoms with Gasteiger partial charge in [-0.25, -0.2) is 0 Å². The van der Waals surface area contributed by atoms with E-state index in [-0.39, 0.29) is 23.2 Å². The first kappa shape index (κ1) is 24.2. The van der Waals surface area contributed by atoms with Gasteiger partial charge < -0.3 is 14.4 Å². The van der Waals surface area contributed by atoms with Gasteiger partial charge in [0.2, 0.25) is 0 Å². The molecule has 4 rings (SSSR count). The molecule has 35 heavy (non-hydrogen) atoms. The van der Waals surface area contributed by atoms with Crippen molar-refractivity contribution in [2.24, 2.45) is 0 Å². The molecule has 0 unspecified atom stereocenters. The van der Waals surface area contributed by atoms with E-state index in [1.807, 2.05) is 30.3 Å². The Morgan fingerprint density at radius 2 is 1.80 bits per heavy atom. The van der Waals surface area contributed by atoms with Gasteiger partial charge in [-0.2, -0.15) is 0 Å². The van der Waals surface area contributed by atoms with Gasteiger partial charge >= 0.3 is 0 Å². The number of para-hydroxylation sites is 1. The second kappa shape index (κ2) is 10.1. The Hall–Kier alpha value is -3.95. The summed E-state index contributed by atoms with van der Waals surface area (Å²) < 4.78 is 11.3. The number of carbonyl (C=O) groups is 1. The topological polar surface area (TPSA) is 85.2 Å². The smallest absolute Gasteiger partial charge is 0.281 e. The van der Waals surface area contributed by atoms with Crippen molar-refractivity contribution < 1.29 is 19.2 Å². The van der Waals surface area contributed by atoms with Crippen LogP contribution >= 0.6 is 23.8 Å². The van der Waals surface area contributed by atoms with E-state index in [1.54, 1.807) is 42.3 Å². The van der Waals surface area contributed by atoms with E-state index in [2.05, 4.69) is 0 Å². The molecule has 1 fully saturated rings. The summed E-state index contributed by atoms with van der Waals surface area (Å²) >= 11 is 12.0. The molecule has 0 radical (unpaired) electrons. The molecule has 0 bridgehead atoms. The molecule has 1 aliphatic rings. The zero-order valence-corrected chi connectivity index (χ0v) is 20.4. The van der Waals surface area contributed by atoms with Crippen molar-refractivity contribution >= 4 is 52.3 Å². The van der Waals surface area contributed by atoms with E-state index in [0.717, 1.165) is 5.56 Å². The molecular formula is C25H20ClN3O5S. The molecule has 3 aromatic rings. The Bertz CT molecular complexity index is 1330. The van der Waals surface area contributed by atoms with Crippen LogP contribution < -0.4 is 14.4 Å². The number of likely N-dealkylation sites (N-methyl/N-ethyl adjacent to an activating group) is 1. The fourth-order valence-corrected chi connectivity index (χ4v) is 4.11. The van der Waals surface area contributed by atoms with E-state index >= 15 is 0 Å². The van der Waals surface area contributed by atoms with Crippen LogP contribution in [0.4, 0.5) is 11.4 Å². The van der Waals surface area contributed by atoms with E-state index in [9.17, 15) is 14.9 Å². The fraction of sp³-hybridized carbons (Fsp3) is 0.120. The second-order valence-corrected chi connectivity index (χ2v) is 8.37. The quantitative estimate of drug-likeness (QED) is 0.181. The van der Waals surface area contributed by atoms with Gasteiger partial charge in [0.05, 0.1) is 22.7 Å². The molecule has 0 N–H and O–H groups in total. The SMILES string of the molecule is COc1cc(/C=C2/C(=O)N(c3ccccc3)C(=S)N2C)cc(Cl)c1OCc1ccc([N+](=O)[O-])cc1. The molecule has 0 saturated carbocycles. The number of nitro benzene ring substituents is 1. The highest BCUT2D eigenvalue weighted by Gasteiger charge is 2.36. The van der Waals surface area contributed by atoms with Crippen molar-refractivity contribution in [1.29, 1.82) is 0 Å². The summed E-state index contributed by atoms with van der Waals surface area (Å²) in [7, 11) is 3.22. The number of hydrogen-bond donors (Lipinski definition) is 0. The van der Waals surface area contributed by atoms with Crippen molar-refractivity contribution in [2.45, 2.75) is 6.61 Å². The van der Waals surface area contributed by atoms with Gasteiger partial charge in [0.15, 0.2) is 16.6 Å². The summed E-state index contributed by atoms with van der Waals surface area (Å²) in [5.41, 5.74) is 2.42. The summed E-state index contributed by atoms with van der Waals surface area (Å²) in [5.74, 6) is 0.446. The number of halogens is 1. The predicted molar refractivity (Wildman–Crippen MR) is 138 cm³/mol. The average molecular weight is 510 g/mol. The van der Waals surface area contributed by atoms with Crippen LogP contribution in [0.2, 0.25) is 5.02 Å². The number of anilines is 1. The van der Waals surface area contributed by atoms with Crippen molar-refractivity contribution in [1.82, 2.24) is 4.90 Å². The Kier molecular flexibility index (Phi) is 6.99. The van der Waals surface area contributed by atoms with Gasteiger partial charge in [-0.15, -0.1) is 0 Å². The number of nitro groups is 1. The minimum Gasteiger partial charge on any atom is -0.493 e. The lowest BCUT2D eigenvalue weighted by molar-refractivity contribution is -0.384. The molecule has 0 atom stereocenters. The zero-order chi connectivity index (χ0) is 25.1. The monoisotopic (exact) mass is 509 g/mol. The van der Waals surface area contributed by atoms with Gasteiger partial charge in [0.1, 0.15) is 12.3 Å². The van der Waals surface area contributed by atoms with E-state index in [4.69, 9.17) is 33.3 Å². The molecule has 3 aromatic carbocycles. The predicted octanol–water partition coefficient (Wildman–Crippen LogP) is 5.44. The van der Waals surface area contributed by atoms with Crippen LogP contribution in [0.15, 0.2) is 72.4 Å². The molecule has 0 aliphatic carbocycles. The molecular weight excluding hydrogens is 490 g/mol. The van der Waals surface area contributed by atoms with Gasteiger partial charge in [0, 0.05) is 19.2 Å². The Balaban J connectivity index is 1.58. The number of nitrogens with zero attached hydrogens (tertiary/aromatic N) is 3. The van der Waals surface area contributed by atoms with E-state index in [0.29, 0.717) is 33.6 Å². The number of rotatable bonds is 7. The first-order valence-electron chi connectivity index (χ1n) is 10.4. The molecule has 10 heteroatoms. The number of hydrogen-bond acceptors (Lipinski definition) is 6. The molecule has 178 valence electrons. The lowest BCUT2D eigenvalue weighted by Gasteiger charge is -2.16. The van der Waals surface area contributed by atoms with Crippen LogP contribution in [-0.4, -0.2) is 35.0 Å².